The second-order valence-corrected chi connectivity index (χ2v) is 9.93. The lowest BCUT2D eigenvalue weighted by Gasteiger charge is -2.32. The fourth-order valence-corrected chi connectivity index (χ4v) is 5.62. The van der Waals surface area contributed by atoms with E-state index in [9.17, 15) is 18.8 Å². The Labute approximate surface area is 214 Å². The molecular weight excluding hydrogens is 470 g/mol. The summed E-state index contributed by atoms with van der Waals surface area (Å²) in [6, 6.07) is 12.3. The van der Waals surface area contributed by atoms with Crippen molar-refractivity contribution in [1.29, 1.82) is 5.26 Å². The summed E-state index contributed by atoms with van der Waals surface area (Å²) in [7, 11) is 0. The van der Waals surface area contributed by atoms with Crippen LogP contribution in [0.1, 0.15) is 59.2 Å². The summed E-state index contributed by atoms with van der Waals surface area (Å²) in [6.07, 6.45) is 7.79. The number of pyridine rings is 2. The summed E-state index contributed by atoms with van der Waals surface area (Å²) < 4.78 is 29.5. The maximum Gasteiger partial charge on any atom is 0.169 e. The fourth-order valence-electron chi connectivity index (χ4n) is 5.62. The molecule has 3 atom stereocenters. The zero-order chi connectivity index (χ0) is 26.1. The minimum absolute atomic E-state index is 0.0513. The summed E-state index contributed by atoms with van der Waals surface area (Å²) >= 11 is 0. The molecule has 0 spiro atoms. The molecule has 1 aliphatic rings. The number of benzene rings is 2. The van der Waals surface area contributed by atoms with Crippen LogP contribution in [-0.4, -0.2) is 21.8 Å². The number of carbonyl (C=O) groups excluding carboxylic acids is 1. The molecule has 2 aromatic heterocycles. The van der Waals surface area contributed by atoms with Crippen LogP contribution >= 0.6 is 0 Å². The third kappa shape index (κ3) is 4.85. The van der Waals surface area contributed by atoms with Crippen molar-refractivity contribution in [3.63, 3.8) is 0 Å². The molecule has 0 radical (unpaired) electrons. The summed E-state index contributed by atoms with van der Waals surface area (Å²) in [5, 5.41) is 9.50. The van der Waals surface area contributed by atoms with Crippen LogP contribution in [0, 0.1) is 28.9 Å². The smallest absolute Gasteiger partial charge is 0.169 e. The Bertz CT molecular complexity index is 1530. The van der Waals surface area contributed by atoms with E-state index < -0.39 is 11.6 Å². The van der Waals surface area contributed by atoms with E-state index in [-0.39, 0.29) is 57.3 Å². The molecule has 5 rings (SSSR count). The van der Waals surface area contributed by atoms with Crippen molar-refractivity contribution in [2.24, 2.45) is 11.7 Å². The first-order valence-corrected chi connectivity index (χ1v) is 12.3. The Morgan fingerprint density at radius 2 is 1.95 bits per heavy atom. The molecule has 0 saturated heterocycles. The standard InChI is InChI=1S/C30H26F2N4O/c1-17-9-19(11-22(34)10-17)23-7-8-35-15-20(23)13-28(37)24-5-6-26(31)25-12-21(16-36-30(24)25)29-18(14-33)3-2-4-27(29)32/h2-8,12,15-17,19,22H,9-11,13,34H2,1H3/t17-,19+,22-/m0/s1. The van der Waals surface area contributed by atoms with Gasteiger partial charge in [0.05, 0.1) is 17.1 Å². The summed E-state index contributed by atoms with van der Waals surface area (Å²) in [6.45, 7) is 2.20. The number of ketones is 1. The van der Waals surface area contributed by atoms with Crippen LogP contribution in [-0.2, 0) is 6.42 Å². The minimum atomic E-state index is -0.603. The van der Waals surface area contributed by atoms with Gasteiger partial charge < -0.3 is 5.73 Å². The third-order valence-corrected chi connectivity index (χ3v) is 7.23. The predicted molar refractivity (Wildman–Crippen MR) is 138 cm³/mol. The molecule has 4 aromatic rings. The Morgan fingerprint density at radius 3 is 2.73 bits per heavy atom. The van der Waals surface area contributed by atoms with Gasteiger partial charge in [0.1, 0.15) is 11.6 Å². The van der Waals surface area contributed by atoms with E-state index >= 15 is 0 Å². The largest absolute Gasteiger partial charge is 0.328 e. The van der Waals surface area contributed by atoms with Crippen LogP contribution in [0.25, 0.3) is 22.0 Å². The molecule has 186 valence electrons. The van der Waals surface area contributed by atoms with Gasteiger partial charge in [0.2, 0.25) is 0 Å². The maximum absolute atomic E-state index is 14.9. The molecule has 1 aliphatic carbocycles. The topological polar surface area (TPSA) is 92.7 Å². The number of nitrogens with zero attached hydrogens (tertiary/aromatic N) is 3. The van der Waals surface area contributed by atoms with E-state index in [1.54, 1.807) is 12.4 Å². The minimum Gasteiger partial charge on any atom is -0.328 e. The maximum atomic E-state index is 14.9. The normalized spacial score (nSPS) is 19.5. The van der Waals surface area contributed by atoms with Gasteiger partial charge in [-0.25, -0.2) is 8.78 Å². The zero-order valence-electron chi connectivity index (χ0n) is 20.4. The van der Waals surface area contributed by atoms with Crippen molar-refractivity contribution < 1.29 is 13.6 Å². The predicted octanol–water partition coefficient (Wildman–Crippen LogP) is 6.10. The van der Waals surface area contributed by atoms with Crippen molar-refractivity contribution in [3.05, 3.63) is 94.9 Å². The van der Waals surface area contributed by atoms with Gasteiger partial charge in [-0.1, -0.05) is 13.0 Å². The highest BCUT2D eigenvalue weighted by molar-refractivity contribution is 6.08. The molecule has 2 N–H and O–H groups in total. The lowest BCUT2D eigenvalue weighted by molar-refractivity contribution is 0.0994. The number of rotatable bonds is 5. The van der Waals surface area contributed by atoms with Crippen molar-refractivity contribution in [2.45, 2.75) is 44.6 Å². The lowest BCUT2D eigenvalue weighted by Crippen LogP contribution is -2.31. The van der Waals surface area contributed by atoms with Gasteiger partial charge in [-0.2, -0.15) is 5.26 Å². The molecule has 0 aliphatic heterocycles. The monoisotopic (exact) mass is 496 g/mol. The van der Waals surface area contributed by atoms with Gasteiger partial charge in [-0.05, 0) is 78.6 Å². The first-order valence-electron chi connectivity index (χ1n) is 12.3. The van der Waals surface area contributed by atoms with E-state index in [0.29, 0.717) is 5.92 Å². The Kier molecular flexibility index (Phi) is 6.77. The Hall–Kier alpha value is -4.02. The van der Waals surface area contributed by atoms with Crippen LogP contribution in [0.2, 0.25) is 0 Å². The van der Waals surface area contributed by atoms with Gasteiger partial charge in [0.25, 0.3) is 0 Å². The molecule has 1 fully saturated rings. The van der Waals surface area contributed by atoms with E-state index in [2.05, 4.69) is 16.9 Å². The molecule has 0 amide bonds. The third-order valence-electron chi connectivity index (χ3n) is 7.23. The van der Waals surface area contributed by atoms with Crippen LogP contribution < -0.4 is 5.73 Å². The van der Waals surface area contributed by atoms with Crippen molar-refractivity contribution >= 4 is 16.7 Å². The second kappa shape index (κ2) is 10.2. The number of carbonyl (C=O) groups is 1. The van der Waals surface area contributed by atoms with Gasteiger partial charge in [0, 0.05) is 53.1 Å². The Balaban J connectivity index is 1.51. The number of hydrogen-bond acceptors (Lipinski definition) is 5. The first kappa shape index (κ1) is 24.7. The Morgan fingerprint density at radius 1 is 1.11 bits per heavy atom. The van der Waals surface area contributed by atoms with Gasteiger partial charge >= 0.3 is 0 Å². The molecule has 2 aromatic carbocycles. The SMILES string of the molecule is C[C@@H]1C[C@H](N)C[C@H](c2ccncc2CC(=O)c2ccc(F)c3cc(-c4c(F)cccc4C#N)cnc23)C1. The molecular formula is C30H26F2N4O. The highest BCUT2D eigenvalue weighted by atomic mass is 19.1. The number of halogens is 2. The van der Waals surface area contributed by atoms with Crippen LogP contribution in [0.15, 0.2) is 61.1 Å². The van der Waals surface area contributed by atoms with Gasteiger partial charge in [-0.15, -0.1) is 0 Å². The first-order chi connectivity index (χ1) is 17.9. The average Bonchev–Trinajstić information content (AvgIpc) is 2.88. The van der Waals surface area contributed by atoms with E-state index in [0.717, 1.165) is 30.4 Å². The molecule has 1 saturated carbocycles. The van der Waals surface area contributed by atoms with Crippen LogP contribution in [0.4, 0.5) is 8.78 Å². The highest BCUT2D eigenvalue weighted by Gasteiger charge is 2.28. The quantitative estimate of drug-likeness (QED) is 0.337. The fraction of sp³-hybridized carbons (Fsp3) is 0.267. The number of nitriles is 1. The van der Waals surface area contributed by atoms with Gasteiger partial charge in [-0.3, -0.25) is 14.8 Å². The summed E-state index contributed by atoms with van der Waals surface area (Å²) in [5.74, 6) is -0.640. The van der Waals surface area contributed by atoms with Crippen LogP contribution in [0.5, 0.6) is 0 Å². The molecule has 0 unspecified atom stereocenters. The number of Topliss-reactive ketones (excluding diaryl/α,β-unsaturated/α-hetero) is 1. The summed E-state index contributed by atoms with van der Waals surface area (Å²) in [5.41, 5.74) is 9.11. The number of nitrogens with two attached hydrogens (primary N) is 1. The average molecular weight is 497 g/mol. The molecule has 37 heavy (non-hydrogen) atoms. The number of hydrogen-bond donors (Lipinski definition) is 1. The number of aromatic nitrogens is 2. The highest BCUT2D eigenvalue weighted by Crippen LogP contribution is 2.37. The molecule has 7 heteroatoms. The zero-order valence-corrected chi connectivity index (χ0v) is 20.4. The molecule has 5 nitrogen and oxygen atoms in total. The van der Waals surface area contributed by atoms with Crippen LogP contribution in [0.3, 0.4) is 0 Å². The lowest BCUT2D eigenvalue weighted by atomic mass is 9.75. The van der Waals surface area contributed by atoms with E-state index in [4.69, 9.17) is 5.73 Å². The van der Waals surface area contributed by atoms with E-state index in [1.165, 1.54) is 42.6 Å². The van der Waals surface area contributed by atoms with Crippen molar-refractivity contribution in [2.75, 3.05) is 0 Å². The van der Waals surface area contributed by atoms with Crippen molar-refractivity contribution in [1.82, 2.24) is 9.97 Å². The molecule has 0 bridgehead atoms. The summed E-state index contributed by atoms with van der Waals surface area (Å²) in [4.78, 5) is 22.1. The second-order valence-electron chi connectivity index (χ2n) is 9.93. The molecule has 2 heterocycles. The van der Waals surface area contributed by atoms with E-state index in [1.807, 2.05) is 12.1 Å². The number of fused-ring (bicyclic) bond motifs is 1. The van der Waals surface area contributed by atoms with Crippen molar-refractivity contribution in [3.8, 4) is 17.2 Å². The van der Waals surface area contributed by atoms with Gasteiger partial charge in [0.15, 0.2) is 5.78 Å².